The Morgan fingerprint density at radius 2 is 2.27 bits per heavy atom. The van der Waals surface area contributed by atoms with Gasteiger partial charge in [0.1, 0.15) is 15.8 Å². The molecular weight excluding hydrogens is 189 g/mol. The standard InChI is InChI=1S/C5H2FNO2S2/c6-11(8,9)5-1-2-10-4(5)3-7/h1-2H. The number of halogens is 1. The molecule has 0 atom stereocenters. The summed E-state index contributed by atoms with van der Waals surface area (Å²) >= 11 is 0.896. The second-order valence-corrected chi connectivity index (χ2v) is 3.90. The summed E-state index contributed by atoms with van der Waals surface area (Å²) in [5.74, 6) is 0. The average Bonchev–Trinajstić information content (AvgIpc) is 2.31. The van der Waals surface area contributed by atoms with Crippen molar-refractivity contribution < 1.29 is 12.3 Å². The van der Waals surface area contributed by atoms with E-state index in [1.807, 2.05) is 0 Å². The maximum absolute atomic E-state index is 12.2. The van der Waals surface area contributed by atoms with Crippen molar-refractivity contribution in [1.29, 1.82) is 5.26 Å². The van der Waals surface area contributed by atoms with Crippen LogP contribution in [0.15, 0.2) is 16.3 Å². The first-order valence-electron chi connectivity index (χ1n) is 2.48. The lowest BCUT2D eigenvalue weighted by Gasteiger charge is -1.86. The Labute approximate surface area is 66.9 Å². The van der Waals surface area contributed by atoms with Gasteiger partial charge in [0.25, 0.3) is 0 Å². The lowest BCUT2D eigenvalue weighted by molar-refractivity contribution is 0.552. The Morgan fingerprint density at radius 1 is 1.64 bits per heavy atom. The summed E-state index contributed by atoms with van der Waals surface area (Å²) in [6.45, 7) is 0. The minimum absolute atomic E-state index is 0.118. The maximum Gasteiger partial charge on any atom is 0.334 e. The number of rotatable bonds is 1. The largest absolute Gasteiger partial charge is 0.334 e. The third-order valence-electron chi connectivity index (χ3n) is 0.993. The highest BCUT2D eigenvalue weighted by molar-refractivity contribution is 7.86. The van der Waals surface area contributed by atoms with Gasteiger partial charge in [-0.05, 0) is 11.4 Å². The maximum atomic E-state index is 12.2. The summed E-state index contributed by atoms with van der Waals surface area (Å²) in [5, 5.41) is 9.65. The minimum atomic E-state index is -4.71. The Bertz CT molecular complexity index is 400. The molecule has 0 amide bonds. The smallest absolute Gasteiger partial charge is 0.191 e. The lowest BCUT2D eigenvalue weighted by Crippen LogP contribution is -1.90. The van der Waals surface area contributed by atoms with Gasteiger partial charge in [0.05, 0.1) is 0 Å². The van der Waals surface area contributed by atoms with E-state index < -0.39 is 15.1 Å². The van der Waals surface area contributed by atoms with Crippen LogP contribution in [0.4, 0.5) is 3.89 Å². The van der Waals surface area contributed by atoms with Gasteiger partial charge in [-0.25, -0.2) is 0 Å². The van der Waals surface area contributed by atoms with Crippen molar-refractivity contribution in [3.63, 3.8) is 0 Å². The minimum Gasteiger partial charge on any atom is -0.191 e. The van der Waals surface area contributed by atoms with Crippen LogP contribution in [0, 0.1) is 11.3 Å². The molecule has 0 aromatic carbocycles. The Hall–Kier alpha value is -0.930. The summed E-state index contributed by atoms with van der Waals surface area (Å²) in [4.78, 5) is -0.655. The van der Waals surface area contributed by atoms with Crippen LogP contribution in [-0.4, -0.2) is 8.42 Å². The van der Waals surface area contributed by atoms with Crippen molar-refractivity contribution in [2.75, 3.05) is 0 Å². The number of nitrogens with zero attached hydrogens (tertiary/aromatic N) is 1. The number of nitriles is 1. The van der Waals surface area contributed by atoms with Crippen LogP contribution < -0.4 is 0 Å². The molecule has 1 aromatic heterocycles. The molecule has 1 rings (SSSR count). The summed E-state index contributed by atoms with van der Waals surface area (Å²) in [6, 6.07) is 2.65. The quantitative estimate of drug-likeness (QED) is 0.628. The Kier molecular flexibility index (Phi) is 1.93. The first-order valence-corrected chi connectivity index (χ1v) is 4.74. The van der Waals surface area contributed by atoms with Crippen LogP contribution in [0.25, 0.3) is 0 Å². The zero-order valence-electron chi connectivity index (χ0n) is 5.11. The monoisotopic (exact) mass is 191 g/mol. The van der Waals surface area contributed by atoms with E-state index in [0.717, 1.165) is 17.4 Å². The third kappa shape index (κ3) is 1.56. The highest BCUT2D eigenvalue weighted by atomic mass is 32.3. The zero-order chi connectivity index (χ0) is 8.48. The molecule has 0 N–H and O–H groups in total. The van der Waals surface area contributed by atoms with Crippen molar-refractivity contribution in [2.24, 2.45) is 0 Å². The molecule has 3 nitrogen and oxygen atoms in total. The lowest BCUT2D eigenvalue weighted by atomic mass is 10.5. The van der Waals surface area contributed by atoms with Gasteiger partial charge in [-0.1, -0.05) is 0 Å². The van der Waals surface area contributed by atoms with Gasteiger partial charge in [0, 0.05) is 0 Å². The van der Waals surface area contributed by atoms with Crippen LogP contribution in [0.3, 0.4) is 0 Å². The van der Waals surface area contributed by atoms with Crippen molar-refractivity contribution in [2.45, 2.75) is 4.90 Å². The highest BCUT2D eigenvalue weighted by Gasteiger charge is 2.17. The van der Waals surface area contributed by atoms with Gasteiger partial charge >= 0.3 is 10.2 Å². The molecule has 0 spiro atoms. The third-order valence-corrected chi connectivity index (χ3v) is 2.81. The van der Waals surface area contributed by atoms with E-state index in [2.05, 4.69) is 0 Å². The van der Waals surface area contributed by atoms with Gasteiger partial charge in [0.15, 0.2) is 0 Å². The van der Waals surface area contributed by atoms with E-state index in [-0.39, 0.29) is 4.88 Å². The van der Waals surface area contributed by atoms with Gasteiger partial charge in [-0.2, -0.15) is 13.7 Å². The molecule has 0 saturated heterocycles. The van der Waals surface area contributed by atoms with Crippen LogP contribution in [0.5, 0.6) is 0 Å². The van der Waals surface area contributed by atoms with Crippen LogP contribution in [0.2, 0.25) is 0 Å². The first-order chi connectivity index (χ1) is 5.05. The van der Waals surface area contributed by atoms with Gasteiger partial charge < -0.3 is 0 Å². The molecule has 0 fully saturated rings. The summed E-state index contributed by atoms with van der Waals surface area (Å²) in [6.07, 6.45) is 0. The average molecular weight is 191 g/mol. The SMILES string of the molecule is N#Cc1sccc1S(=O)(=O)F. The molecule has 0 saturated carbocycles. The second-order valence-electron chi connectivity index (χ2n) is 1.66. The summed E-state index contributed by atoms with van der Waals surface area (Å²) < 4.78 is 32.8. The fourth-order valence-corrected chi connectivity index (χ4v) is 2.17. The van der Waals surface area contributed by atoms with Crippen LogP contribution in [0.1, 0.15) is 4.88 Å². The van der Waals surface area contributed by atoms with E-state index in [0.29, 0.717) is 0 Å². The molecule has 1 aromatic rings. The van der Waals surface area contributed by atoms with Gasteiger partial charge in [-0.15, -0.1) is 15.2 Å². The zero-order valence-corrected chi connectivity index (χ0v) is 6.75. The van der Waals surface area contributed by atoms with E-state index in [1.54, 1.807) is 6.07 Å². The molecule has 1 heterocycles. The predicted molar refractivity (Wildman–Crippen MR) is 37.3 cm³/mol. The van der Waals surface area contributed by atoms with Crippen molar-refractivity contribution >= 4 is 21.6 Å². The fraction of sp³-hybridized carbons (Fsp3) is 0. The van der Waals surface area contributed by atoms with Crippen molar-refractivity contribution in [3.8, 4) is 6.07 Å². The predicted octanol–water partition coefficient (Wildman–Crippen LogP) is 1.28. The molecule has 0 unspecified atom stereocenters. The Morgan fingerprint density at radius 3 is 2.64 bits per heavy atom. The van der Waals surface area contributed by atoms with Crippen molar-refractivity contribution in [3.05, 3.63) is 16.3 Å². The van der Waals surface area contributed by atoms with E-state index in [4.69, 9.17) is 5.26 Å². The van der Waals surface area contributed by atoms with Gasteiger partial charge in [-0.3, -0.25) is 0 Å². The van der Waals surface area contributed by atoms with Crippen molar-refractivity contribution in [1.82, 2.24) is 0 Å². The normalized spacial score (nSPS) is 10.9. The van der Waals surface area contributed by atoms with E-state index in [9.17, 15) is 12.3 Å². The second kappa shape index (κ2) is 2.60. The van der Waals surface area contributed by atoms with Crippen LogP contribution >= 0.6 is 11.3 Å². The van der Waals surface area contributed by atoms with E-state index >= 15 is 0 Å². The number of thiophene rings is 1. The first kappa shape index (κ1) is 8.17. The molecule has 11 heavy (non-hydrogen) atoms. The highest BCUT2D eigenvalue weighted by Crippen LogP contribution is 2.22. The molecule has 6 heteroatoms. The molecule has 58 valence electrons. The fourth-order valence-electron chi connectivity index (χ4n) is 0.571. The number of hydrogen-bond acceptors (Lipinski definition) is 4. The molecule has 0 aliphatic heterocycles. The summed E-state index contributed by atoms with van der Waals surface area (Å²) in [7, 11) is -4.71. The Balaban J connectivity index is 3.39. The van der Waals surface area contributed by atoms with Crippen LogP contribution in [-0.2, 0) is 10.2 Å². The molecule has 0 aliphatic rings. The number of hydrogen-bond donors (Lipinski definition) is 0. The molecule has 0 aliphatic carbocycles. The topological polar surface area (TPSA) is 57.9 Å². The summed E-state index contributed by atoms with van der Waals surface area (Å²) in [5.41, 5.74) is 0. The molecule has 0 bridgehead atoms. The van der Waals surface area contributed by atoms with E-state index in [1.165, 1.54) is 5.38 Å². The van der Waals surface area contributed by atoms with Gasteiger partial charge in [0.2, 0.25) is 0 Å². The molecule has 0 radical (unpaired) electrons. The molecular formula is C5H2FNO2S2.